The number of aromatic nitrogens is 2. The molecule has 0 aliphatic carbocycles. The molecule has 0 saturated heterocycles. The number of nitrogens with zero attached hydrogens (tertiary/aromatic N) is 2. The predicted molar refractivity (Wildman–Crippen MR) is 108 cm³/mol. The molecule has 0 bridgehead atoms. The van der Waals surface area contributed by atoms with Crippen molar-refractivity contribution in [3.63, 3.8) is 0 Å². The van der Waals surface area contributed by atoms with Crippen LogP contribution >= 0.6 is 0 Å². The summed E-state index contributed by atoms with van der Waals surface area (Å²) in [5.41, 5.74) is 5.07. The Labute approximate surface area is 158 Å². The van der Waals surface area contributed by atoms with Crippen molar-refractivity contribution in [2.45, 2.75) is 20.0 Å². The fourth-order valence-corrected chi connectivity index (χ4v) is 3.33. The van der Waals surface area contributed by atoms with Gasteiger partial charge in [0.2, 0.25) is 5.62 Å². The van der Waals surface area contributed by atoms with Crippen molar-refractivity contribution in [1.29, 1.82) is 5.41 Å². The zero-order valence-electron chi connectivity index (χ0n) is 15.4. The topological polar surface area (TPSA) is 42.9 Å². The highest BCUT2D eigenvalue weighted by molar-refractivity contribution is 5.76. The number of ether oxygens (including phenoxy) is 1. The van der Waals surface area contributed by atoms with Crippen LogP contribution in [0.2, 0.25) is 0 Å². The number of hydrogen-bond donors (Lipinski definition) is 1. The van der Waals surface area contributed by atoms with E-state index in [-0.39, 0.29) is 0 Å². The smallest absolute Gasteiger partial charge is 0.203 e. The molecular formula is C23H23N3O. The van der Waals surface area contributed by atoms with Crippen LogP contribution in [0.3, 0.4) is 0 Å². The van der Waals surface area contributed by atoms with Crippen LogP contribution in [-0.4, -0.2) is 15.7 Å². The second kappa shape index (κ2) is 7.54. The number of hydrogen-bond acceptors (Lipinski definition) is 2. The summed E-state index contributed by atoms with van der Waals surface area (Å²) in [4.78, 5) is 0. The molecular weight excluding hydrogens is 334 g/mol. The van der Waals surface area contributed by atoms with E-state index in [0.29, 0.717) is 25.3 Å². The fourth-order valence-electron chi connectivity index (χ4n) is 3.33. The minimum atomic E-state index is 0.494. The van der Waals surface area contributed by atoms with Crippen LogP contribution in [-0.2, 0) is 13.1 Å². The van der Waals surface area contributed by atoms with Crippen molar-refractivity contribution >= 4 is 11.0 Å². The van der Waals surface area contributed by atoms with Crippen LogP contribution in [0.25, 0.3) is 11.0 Å². The molecule has 1 N–H and O–H groups in total. The molecule has 136 valence electrons. The number of fused-ring (bicyclic) bond motifs is 1. The Balaban J connectivity index is 1.62. The lowest BCUT2D eigenvalue weighted by molar-refractivity contribution is 0.296. The summed E-state index contributed by atoms with van der Waals surface area (Å²) >= 11 is 0. The quantitative estimate of drug-likeness (QED) is 0.547. The van der Waals surface area contributed by atoms with Crippen LogP contribution in [0.5, 0.6) is 5.75 Å². The molecule has 0 atom stereocenters. The van der Waals surface area contributed by atoms with Gasteiger partial charge in [-0.2, -0.15) is 0 Å². The molecule has 0 radical (unpaired) electrons. The second-order valence-corrected chi connectivity index (χ2v) is 6.70. The van der Waals surface area contributed by atoms with E-state index in [1.165, 1.54) is 11.1 Å². The molecule has 4 heteroatoms. The molecule has 4 nitrogen and oxygen atoms in total. The van der Waals surface area contributed by atoms with Gasteiger partial charge in [-0.3, -0.25) is 5.41 Å². The summed E-state index contributed by atoms with van der Waals surface area (Å²) in [5.74, 6) is 0.855. The molecule has 0 unspecified atom stereocenters. The largest absolute Gasteiger partial charge is 0.492 e. The summed E-state index contributed by atoms with van der Waals surface area (Å²) in [6.45, 7) is 3.94. The van der Waals surface area contributed by atoms with E-state index in [4.69, 9.17) is 10.1 Å². The van der Waals surface area contributed by atoms with Crippen molar-refractivity contribution in [1.82, 2.24) is 9.13 Å². The average molecular weight is 357 g/mol. The molecule has 0 fully saturated rings. The van der Waals surface area contributed by atoms with Crippen molar-refractivity contribution in [2.24, 2.45) is 0 Å². The standard InChI is InChI=1S/C23H23N3O/c1-18-11-13-19(14-12-18)17-26-22-10-6-5-9-21(22)25(23(26)24)15-16-27-20-7-3-2-4-8-20/h2-14,24H,15-17H2,1H3. The maximum Gasteiger partial charge on any atom is 0.203 e. The van der Waals surface area contributed by atoms with Gasteiger partial charge in [-0.1, -0.05) is 60.2 Å². The SMILES string of the molecule is Cc1ccc(Cn2c(=N)n(CCOc3ccccc3)c3ccccc32)cc1. The number of aryl methyl sites for hydroxylation is 1. The van der Waals surface area contributed by atoms with E-state index in [0.717, 1.165) is 16.8 Å². The Kier molecular flexibility index (Phi) is 4.79. The first-order chi connectivity index (χ1) is 13.2. The first-order valence-corrected chi connectivity index (χ1v) is 9.18. The van der Waals surface area contributed by atoms with E-state index in [1.54, 1.807) is 0 Å². The summed E-state index contributed by atoms with van der Waals surface area (Å²) in [7, 11) is 0. The second-order valence-electron chi connectivity index (χ2n) is 6.70. The molecule has 27 heavy (non-hydrogen) atoms. The zero-order valence-corrected chi connectivity index (χ0v) is 15.4. The Morgan fingerprint density at radius 1 is 0.778 bits per heavy atom. The average Bonchev–Trinajstić information content (AvgIpc) is 2.96. The van der Waals surface area contributed by atoms with Gasteiger partial charge in [0.25, 0.3) is 0 Å². The van der Waals surface area contributed by atoms with E-state index >= 15 is 0 Å². The number of imidazole rings is 1. The van der Waals surface area contributed by atoms with E-state index < -0.39 is 0 Å². The zero-order chi connectivity index (χ0) is 18.6. The van der Waals surface area contributed by atoms with Crippen LogP contribution in [0.15, 0.2) is 78.9 Å². The number of para-hydroxylation sites is 3. The highest BCUT2D eigenvalue weighted by atomic mass is 16.5. The lowest BCUT2D eigenvalue weighted by Crippen LogP contribution is -2.27. The van der Waals surface area contributed by atoms with Gasteiger partial charge in [0, 0.05) is 0 Å². The minimum Gasteiger partial charge on any atom is -0.492 e. The monoisotopic (exact) mass is 357 g/mol. The van der Waals surface area contributed by atoms with Crippen molar-refractivity contribution < 1.29 is 4.74 Å². The molecule has 4 aromatic rings. The minimum absolute atomic E-state index is 0.494. The molecule has 1 heterocycles. The van der Waals surface area contributed by atoms with Crippen LogP contribution < -0.4 is 10.4 Å². The fraction of sp³-hybridized carbons (Fsp3) is 0.174. The summed E-state index contributed by atoms with van der Waals surface area (Å²) in [6.07, 6.45) is 0. The van der Waals surface area contributed by atoms with E-state index in [9.17, 15) is 0 Å². The number of nitrogens with one attached hydrogen (secondary N) is 1. The highest BCUT2D eigenvalue weighted by Crippen LogP contribution is 2.15. The molecule has 4 rings (SSSR count). The van der Waals surface area contributed by atoms with E-state index in [2.05, 4.69) is 47.9 Å². The number of rotatable bonds is 6. The van der Waals surface area contributed by atoms with Crippen molar-refractivity contribution in [2.75, 3.05) is 6.61 Å². The van der Waals surface area contributed by atoms with Crippen LogP contribution in [0.1, 0.15) is 11.1 Å². The van der Waals surface area contributed by atoms with Gasteiger partial charge in [0.1, 0.15) is 12.4 Å². The van der Waals surface area contributed by atoms with Gasteiger partial charge in [-0.25, -0.2) is 0 Å². The Morgan fingerprint density at radius 2 is 1.41 bits per heavy atom. The first kappa shape index (κ1) is 17.2. The molecule has 1 aromatic heterocycles. The molecule has 0 aliphatic rings. The molecule has 0 aliphatic heterocycles. The Bertz CT molecular complexity index is 1090. The highest BCUT2D eigenvalue weighted by Gasteiger charge is 2.11. The van der Waals surface area contributed by atoms with E-state index in [1.807, 2.05) is 47.0 Å². The van der Waals surface area contributed by atoms with Crippen LogP contribution in [0.4, 0.5) is 0 Å². The van der Waals surface area contributed by atoms with Crippen molar-refractivity contribution in [3.05, 3.63) is 95.6 Å². The lowest BCUT2D eigenvalue weighted by Gasteiger charge is -2.08. The normalized spacial score (nSPS) is 11.0. The summed E-state index contributed by atoms with van der Waals surface area (Å²) in [5, 5.41) is 8.72. The maximum absolute atomic E-state index is 8.72. The van der Waals surface area contributed by atoms with Gasteiger partial charge in [-0.15, -0.1) is 0 Å². The lowest BCUT2D eigenvalue weighted by atomic mass is 10.1. The third-order valence-electron chi connectivity index (χ3n) is 4.76. The third kappa shape index (κ3) is 3.65. The molecule has 0 amide bonds. The maximum atomic E-state index is 8.72. The Hall–Kier alpha value is -3.27. The molecule has 0 spiro atoms. The molecule has 0 saturated carbocycles. The van der Waals surface area contributed by atoms with Gasteiger partial charge < -0.3 is 13.9 Å². The van der Waals surface area contributed by atoms with Crippen LogP contribution in [0, 0.1) is 12.3 Å². The van der Waals surface area contributed by atoms with Gasteiger partial charge in [-0.05, 0) is 36.8 Å². The number of benzene rings is 3. The first-order valence-electron chi connectivity index (χ1n) is 9.18. The van der Waals surface area contributed by atoms with Crippen molar-refractivity contribution in [3.8, 4) is 5.75 Å². The molecule has 3 aromatic carbocycles. The summed E-state index contributed by atoms with van der Waals surface area (Å²) in [6, 6.07) is 26.5. The predicted octanol–water partition coefficient (Wildman–Crippen LogP) is 4.36. The Morgan fingerprint density at radius 3 is 2.11 bits per heavy atom. The third-order valence-corrected chi connectivity index (χ3v) is 4.76. The van der Waals surface area contributed by atoms with Gasteiger partial charge >= 0.3 is 0 Å². The van der Waals surface area contributed by atoms with Gasteiger partial charge in [0.05, 0.1) is 24.1 Å². The summed E-state index contributed by atoms with van der Waals surface area (Å²) < 4.78 is 9.92. The van der Waals surface area contributed by atoms with Gasteiger partial charge in [0.15, 0.2) is 0 Å².